The maximum Gasteiger partial charge on any atom is 0.303 e. The highest BCUT2D eigenvalue weighted by molar-refractivity contribution is 8.00. The van der Waals surface area contributed by atoms with E-state index in [2.05, 4.69) is 13.8 Å². The fourth-order valence-corrected chi connectivity index (χ4v) is 2.95. The van der Waals surface area contributed by atoms with Crippen molar-refractivity contribution < 1.29 is 14.7 Å². The van der Waals surface area contributed by atoms with Gasteiger partial charge in [0.05, 0.1) is 6.04 Å². The lowest BCUT2D eigenvalue weighted by atomic mass is 10.1. The number of rotatable bonds is 4. The van der Waals surface area contributed by atoms with Crippen LogP contribution in [0.5, 0.6) is 0 Å². The van der Waals surface area contributed by atoms with Crippen molar-refractivity contribution in [3.05, 3.63) is 0 Å². The zero-order chi connectivity index (χ0) is 13.1. The van der Waals surface area contributed by atoms with Crippen LogP contribution in [0.15, 0.2) is 0 Å². The highest BCUT2D eigenvalue weighted by Crippen LogP contribution is 2.29. The molecule has 1 rings (SSSR count). The molecule has 1 amide bonds. The van der Waals surface area contributed by atoms with Gasteiger partial charge in [-0.25, -0.2) is 0 Å². The summed E-state index contributed by atoms with van der Waals surface area (Å²) < 4.78 is 0.0560. The van der Waals surface area contributed by atoms with Gasteiger partial charge < -0.3 is 15.7 Å². The van der Waals surface area contributed by atoms with Crippen LogP contribution in [0.1, 0.15) is 26.7 Å². The number of carbonyl (C=O) groups is 2. The first-order valence-electron chi connectivity index (χ1n) is 5.72. The normalized spacial score (nSPS) is 21.0. The largest absolute Gasteiger partial charge is 0.481 e. The van der Waals surface area contributed by atoms with Crippen molar-refractivity contribution in [2.45, 2.75) is 37.5 Å². The van der Waals surface area contributed by atoms with Crippen molar-refractivity contribution in [3.8, 4) is 0 Å². The molecular weight excluding hydrogens is 240 g/mol. The van der Waals surface area contributed by atoms with Gasteiger partial charge in [0.15, 0.2) is 0 Å². The lowest BCUT2D eigenvalue weighted by Crippen LogP contribution is -2.51. The number of amides is 1. The first-order valence-corrected chi connectivity index (χ1v) is 6.70. The topological polar surface area (TPSA) is 83.6 Å². The van der Waals surface area contributed by atoms with Crippen LogP contribution in [0.25, 0.3) is 0 Å². The first kappa shape index (κ1) is 14.3. The zero-order valence-electron chi connectivity index (χ0n) is 10.3. The van der Waals surface area contributed by atoms with Crippen LogP contribution in [0, 0.1) is 0 Å². The molecule has 0 spiro atoms. The van der Waals surface area contributed by atoms with Gasteiger partial charge in [-0.3, -0.25) is 9.59 Å². The smallest absolute Gasteiger partial charge is 0.303 e. The van der Waals surface area contributed by atoms with Gasteiger partial charge in [0.1, 0.15) is 0 Å². The van der Waals surface area contributed by atoms with E-state index in [1.807, 2.05) is 11.8 Å². The molecule has 0 bridgehead atoms. The fraction of sp³-hybridized carbons (Fsp3) is 0.818. The number of carboxylic acid groups (broad SMARTS) is 1. The summed E-state index contributed by atoms with van der Waals surface area (Å²) in [4.78, 5) is 24.2. The van der Waals surface area contributed by atoms with Crippen LogP contribution in [0.3, 0.4) is 0 Å². The molecule has 0 aliphatic carbocycles. The van der Waals surface area contributed by atoms with Gasteiger partial charge in [0.25, 0.3) is 0 Å². The lowest BCUT2D eigenvalue weighted by molar-refractivity contribution is -0.137. The molecular formula is C11H20N2O3S. The number of thioether (sulfide) groups is 1. The highest BCUT2D eigenvalue weighted by atomic mass is 32.2. The van der Waals surface area contributed by atoms with Crippen molar-refractivity contribution >= 4 is 23.6 Å². The van der Waals surface area contributed by atoms with Gasteiger partial charge in [0.2, 0.25) is 5.91 Å². The van der Waals surface area contributed by atoms with Crippen LogP contribution < -0.4 is 5.73 Å². The molecule has 0 aromatic heterocycles. The minimum atomic E-state index is -0.914. The molecule has 1 aliphatic rings. The third-order valence-corrected chi connectivity index (χ3v) is 4.02. The molecule has 6 heteroatoms. The number of hydrogen-bond acceptors (Lipinski definition) is 4. The Bertz CT molecular complexity index is 307. The van der Waals surface area contributed by atoms with E-state index in [9.17, 15) is 9.59 Å². The Hall–Kier alpha value is -0.750. The van der Waals surface area contributed by atoms with Crippen molar-refractivity contribution in [3.63, 3.8) is 0 Å². The number of nitrogens with zero attached hydrogens (tertiary/aromatic N) is 1. The molecule has 1 aliphatic heterocycles. The standard InChI is InChI=1S/C11H20N2O3S/c1-11(2)7-13(5-6-17-11)10(16)8(12)3-4-9(14)15/h8H,3-7,12H2,1-2H3,(H,14,15). The number of aliphatic carboxylic acids is 1. The summed E-state index contributed by atoms with van der Waals surface area (Å²) in [6.07, 6.45) is 0.150. The Morgan fingerprint density at radius 1 is 1.53 bits per heavy atom. The van der Waals surface area contributed by atoms with E-state index in [0.29, 0.717) is 13.1 Å². The molecule has 1 unspecified atom stereocenters. The quantitative estimate of drug-likeness (QED) is 0.770. The number of hydrogen-bond donors (Lipinski definition) is 2. The average Bonchev–Trinajstić information content (AvgIpc) is 2.23. The molecule has 1 atom stereocenters. The average molecular weight is 260 g/mol. The number of carbonyl (C=O) groups excluding carboxylic acids is 1. The van der Waals surface area contributed by atoms with E-state index >= 15 is 0 Å². The fourth-order valence-electron chi connectivity index (χ4n) is 1.84. The highest BCUT2D eigenvalue weighted by Gasteiger charge is 2.31. The number of nitrogens with two attached hydrogens (primary N) is 1. The Kier molecular flexibility index (Phi) is 4.82. The van der Waals surface area contributed by atoms with E-state index in [4.69, 9.17) is 10.8 Å². The summed E-state index contributed by atoms with van der Waals surface area (Å²) >= 11 is 1.84. The van der Waals surface area contributed by atoms with Crippen LogP contribution in [-0.2, 0) is 9.59 Å². The van der Waals surface area contributed by atoms with E-state index < -0.39 is 12.0 Å². The van der Waals surface area contributed by atoms with Crippen molar-refractivity contribution in [1.82, 2.24) is 4.90 Å². The number of carboxylic acids is 1. The maximum absolute atomic E-state index is 12.0. The second-order valence-corrected chi connectivity index (χ2v) is 6.71. The minimum Gasteiger partial charge on any atom is -0.481 e. The zero-order valence-corrected chi connectivity index (χ0v) is 11.1. The molecule has 0 radical (unpaired) electrons. The summed E-state index contributed by atoms with van der Waals surface area (Å²) in [5, 5.41) is 8.55. The summed E-state index contributed by atoms with van der Waals surface area (Å²) in [6, 6.07) is -0.690. The summed E-state index contributed by atoms with van der Waals surface area (Å²) in [7, 11) is 0. The minimum absolute atomic E-state index is 0.0560. The Morgan fingerprint density at radius 3 is 2.71 bits per heavy atom. The SMILES string of the molecule is CC1(C)CN(C(=O)C(N)CCC(=O)O)CCS1. The van der Waals surface area contributed by atoms with Crippen LogP contribution in [0.2, 0.25) is 0 Å². The second kappa shape index (κ2) is 5.73. The molecule has 1 heterocycles. The molecule has 0 saturated carbocycles. The monoisotopic (exact) mass is 260 g/mol. The van der Waals surface area contributed by atoms with Gasteiger partial charge in [0, 0.05) is 30.0 Å². The summed E-state index contributed by atoms with van der Waals surface area (Å²) in [5.74, 6) is -0.132. The van der Waals surface area contributed by atoms with E-state index in [0.717, 1.165) is 5.75 Å². The van der Waals surface area contributed by atoms with E-state index in [1.165, 1.54) is 0 Å². The Labute approximate surface area is 106 Å². The third-order valence-electron chi connectivity index (χ3n) is 2.72. The van der Waals surface area contributed by atoms with Gasteiger partial charge in [-0.05, 0) is 20.3 Å². The van der Waals surface area contributed by atoms with Crippen LogP contribution in [-0.4, -0.2) is 51.5 Å². The second-order valence-electron chi connectivity index (χ2n) is 4.91. The van der Waals surface area contributed by atoms with Crippen LogP contribution >= 0.6 is 11.8 Å². The van der Waals surface area contributed by atoms with Crippen molar-refractivity contribution in [2.24, 2.45) is 5.73 Å². The molecule has 1 saturated heterocycles. The van der Waals surface area contributed by atoms with Gasteiger partial charge in [-0.15, -0.1) is 0 Å². The van der Waals surface area contributed by atoms with Gasteiger partial charge in [-0.1, -0.05) is 0 Å². The Morgan fingerprint density at radius 2 is 2.18 bits per heavy atom. The summed E-state index contributed by atoms with van der Waals surface area (Å²) in [5.41, 5.74) is 5.72. The molecule has 0 aromatic carbocycles. The molecule has 1 fully saturated rings. The summed E-state index contributed by atoms with van der Waals surface area (Å²) in [6.45, 7) is 5.57. The predicted molar refractivity (Wildman–Crippen MR) is 68.0 cm³/mol. The van der Waals surface area contributed by atoms with E-state index in [1.54, 1.807) is 4.90 Å². The van der Waals surface area contributed by atoms with E-state index in [-0.39, 0.29) is 23.5 Å². The molecule has 17 heavy (non-hydrogen) atoms. The third kappa shape index (κ3) is 4.55. The molecule has 5 nitrogen and oxygen atoms in total. The molecule has 3 N–H and O–H groups in total. The maximum atomic E-state index is 12.0. The first-order chi connectivity index (χ1) is 7.82. The molecule has 98 valence electrons. The van der Waals surface area contributed by atoms with Crippen LogP contribution in [0.4, 0.5) is 0 Å². The Balaban J connectivity index is 2.48. The predicted octanol–water partition coefficient (Wildman–Crippen LogP) is 0.532. The molecule has 0 aromatic rings. The van der Waals surface area contributed by atoms with Gasteiger partial charge in [-0.2, -0.15) is 11.8 Å². The van der Waals surface area contributed by atoms with Crippen molar-refractivity contribution in [1.29, 1.82) is 0 Å². The van der Waals surface area contributed by atoms with Gasteiger partial charge >= 0.3 is 5.97 Å². The van der Waals surface area contributed by atoms with Crippen molar-refractivity contribution in [2.75, 3.05) is 18.8 Å². The lowest BCUT2D eigenvalue weighted by Gasteiger charge is -2.38.